The zero-order valence-electron chi connectivity index (χ0n) is 20.1. The lowest BCUT2D eigenvalue weighted by atomic mass is 9.69. The Morgan fingerprint density at radius 3 is 2.07 bits per heavy atom. The van der Waals surface area contributed by atoms with Crippen LogP contribution in [0.1, 0.15) is 108 Å². The summed E-state index contributed by atoms with van der Waals surface area (Å²) in [6, 6.07) is 1.47. The summed E-state index contributed by atoms with van der Waals surface area (Å²) in [4.78, 5) is 2.98. The molecule has 0 radical (unpaired) electrons. The first kappa shape index (κ1) is 21.4. The van der Waals surface area contributed by atoms with Gasteiger partial charge < -0.3 is 0 Å². The Morgan fingerprint density at radius 2 is 1.63 bits per heavy atom. The van der Waals surface area contributed by atoms with E-state index in [4.69, 9.17) is 0 Å². The molecule has 3 unspecified atom stereocenters. The van der Waals surface area contributed by atoms with E-state index in [1.165, 1.54) is 38.5 Å². The molecule has 2 aliphatic carbocycles. The quantitative estimate of drug-likeness (QED) is 0.462. The highest BCUT2D eigenvalue weighted by atomic mass is 15.3. The van der Waals surface area contributed by atoms with Crippen LogP contribution in [0.25, 0.3) is 0 Å². The highest BCUT2D eigenvalue weighted by molar-refractivity contribution is 5.20. The van der Waals surface area contributed by atoms with Gasteiger partial charge in [-0.1, -0.05) is 60.1 Å². The van der Waals surface area contributed by atoms with Gasteiger partial charge in [0.1, 0.15) is 0 Å². The molecule has 0 aromatic rings. The molecule has 1 heterocycles. The Hall–Kier alpha value is -0.300. The van der Waals surface area contributed by atoms with Crippen LogP contribution in [0.3, 0.4) is 0 Å². The lowest BCUT2D eigenvalue weighted by molar-refractivity contribution is -0.00650. The Labute approximate surface area is 170 Å². The van der Waals surface area contributed by atoms with E-state index in [1.807, 2.05) is 0 Å². The monoisotopic (exact) mass is 373 g/mol. The molecular formula is C26H47N. The molecule has 0 amide bonds. The second-order valence-electron chi connectivity index (χ2n) is 13.2. The highest BCUT2D eigenvalue weighted by Gasteiger charge is 2.64. The van der Waals surface area contributed by atoms with Crippen molar-refractivity contribution in [1.82, 2.24) is 4.90 Å². The molecule has 1 nitrogen and oxygen atoms in total. The van der Waals surface area contributed by atoms with E-state index >= 15 is 0 Å². The number of likely N-dealkylation sites (tertiary alicyclic amines) is 1. The van der Waals surface area contributed by atoms with E-state index in [0.29, 0.717) is 22.2 Å². The summed E-state index contributed by atoms with van der Waals surface area (Å²) in [5.74, 6) is 1.49. The third-order valence-electron chi connectivity index (χ3n) is 7.99. The third-order valence-corrected chi connectivity index (χ3v) is 7.99. The Morgan fingerprint density at radius 1 is 1.04 bits per heavy atom. The van der Waals surface area contributed by atoms with Gasteiger partial charge in [-0.25, -0.2) is 0 Å². The van der Waals surface area contributed by atoms with Crippen LogP contribution in [-0.4, -0.2) is 22.5 Å². The van der Waals surface area contributed by atoms with Crippen molar-refractivity contribution in [2.24, 2.45) is 28.1 Å². The van der Waals surface area contributed by atoms with E-state index in [1.54, 1.807) is 5.57 Å². The molecular weight excluding hydrogens is 326 g/mol. The zero-order chi connectivity index (χ0) is 20.4. The van der Waals surface area contributed by atoms with Crippen LogP contribution in [-0.2, 0) is 0 Å². The van der Waals surface area contributed by atoms with Crippen molar-refractivity contribution < 1.29 is 0 Å². The van der Waals surface area contributed by atoms with Gasteiger partial charge in [0.25, 0.3) is 0 Å². The SMILES string of the molecule is CC(C)C1=CCCC1C(C)(C)CC1CC2(CC2)C(C(C)(C)C)N1C(C)(C)C. The van der Waals surface area contributed by atoms with Gasteiger partial charge in [0.2, 0.25) is 0 Å². The van der Waals surface area contributed by atoms with E-state index in [9.17, 15) is 0 Å². The number of nitrogens with zero attached hydrogens (tertiary/aromatic N) is 1. The highest BCUT2D eigenvalue weighted by Crippen LogP contribution is 2.65. The topological polar surface area (TPSA) is 3.24 Å². The van der Waals surface area contributed by atoms with Crippen LogP contribution in [0.2, 0.25) is 0 Å². The maximum atomic E-state index is 2.98. The maximum Gasteiger partial charge on any atom is 0.0209 e. The van der Waals surface area contributed by atoms with Gasteiger partial charge in [-0.2, -0.15) is 0 Å². The summed E-state index contributed by atoms with van der Waals surface area (Å²) >= 11 is 0. The molecule has 0 aromatic heterocycles. The second kappa shape index (κ2) is 6.61. The smallest absolute Gasteiger partial charge is 0.0209 e. The van der Waals surface area contributed by atoms with E-state index in [0.717, 1.165) is 18.0 Å². The van der Waals surface area contributed by atoms with Gasteiger partial charge in [0.15, 0.2) is 0 Å². The number of hydrogen-bond acceptors (Lipinski definition) is 1. The van der Waals surface area contributed by atoms with Gasteiger partial charge in [-0.05, 0) is 87.4 Å². The minimum absolute atomic E-state index is 0.247. The molecule has 0 bridgehead atoms. The molecule has 3 atom stereocenters. The van der Waals surface area contributed by atoms with Gasteiger partial charge in [-0.15, -0.1) is 0 Å². The molecule has 3 aliphatic rings. The fourth-order valence-corrected chi connectivity index (χ4v) is 7.22. The first-order chi connectivity index (χ1) is 12.2. The van der Waals surface area contributed by atoms with Crippen LogP contribution in [0.4, 0.5) is 0 Å². The zero-order valence-corrected chi connectivity index (χ0v) is 20.1. The van der Waals surface area contributed by atoms with E-state index < -0.39 is 0 Å². The van der Waals surface area contributed by atoms with Crippen molar-refractivity contribution in [3.05, 3.63) is 11.6 Å². The first-order valence-electron chi connectivity index (χ1n) is 11.7. The van der Waals surface area contributed by atoms with Gasteiger partial charge in [-0.3, -0.25) is 4.90 Å². The van der Waals surface area contributed by atoms with Crippen LogP contribution >= 0.6 is 0 Å². The van der Waals surface area contributed by atoms with Gasteiger partial charge in [0, 0.05) is 17.6 Å². The van der Waals surface area contributed by atoms with Crippen LogP contribution in [0, 0.1) is 28.1 Å². The molecule has 1 saturated heterocycles. The fourth-order valence-electron chi connectivity index (χ4n) is 7.22. The number of allylic oxidation sites excluding steroid dienone is 2. The maximum absolute atomic E-state index is 2.98. The Balaban J connectivity index is 1.88. The number of rotatable bonds is 4. The summed E-state index contributed by atoms with van der Waals surface area (Å²) in [7, 11) is 0. The Kier molecular flexibility index (Phi) is 5.24. The molecule has 1 spiro atoms. The number of hydrogen-bond donors (Lipinski definition) is 0. The predicted octanol–water partition coefficient (Wildman–Crippen LogP) is 7.46. The van der Waals surface area contributed by atoms with Crippen molar-refractivity contribution in [2.45, 2.75) is 125 Å². The van der Waals surface area contributed by atoms with Crippen molar-refractivity contribution in [3.63, 3.8) is 0 Å². The minimum Gasteiger partial charge on any atom is -0.291 e. The van der Waals surface area contributed by atoms with Crippen LogP contribution in [0.5, 0.6) is 0 Å². The first-order valence-corrected chi connectivity index (χ1v) is 11.7. The van der Waals surface area contributed by atoms with Crippen molar-refractivity contribution in [1.29, 1.82) is 0 Å². The molecule has 1 saturated carbocycles. The fraction of sp³-hybridized carbons (Fsp3) is 0.923. The third kappa shape index (κ3) is 3.92. The lowest BCUT2D eigenvalue weighted by Gasteiger charge is -2.49. The standard InChI is InChI=1S/C26H47N/c1-18(2)20-12-11-13-21(20)25(9,10)16-19-17-26(14-15-26)22(23(3,4)5)27(19)24(6,7)8/h12,18-19,21-22H,11,13-17H2,1-10H3. The average Bonchev–Trinajstić information content (AvgIpc) is 2.94. The molecule has 1 aliphatic heterocycles. The van der Waals surface area contributed by atoms with Crippen LogP contribution < -0.4 is 0 Å². The molecule has 27 heavy (non-hydrogen) atoms. The lowest BCUT2D eigenvalue weighted by Crippen LogP contribution is -2.55. The normalized spacial score (nSPS) is 31.8. The average molecular weight is 374 g/mol. The summed E-state index contributed by atoms with van der Waals surface area (Å²) in [5.41, 5.74) is 3.35. The molecule has 0 aromatic carbocycles. The predicted molar refractivity (Wildman–Crippen MR) is 119 cm³/mol. The largest absolute Gasteiger partial charge is 0.291 e. The molecule has 156 valence electrons. The van der Waals surface area contributed by atoms with Crippen molar-refractivity contribution in [3.8, 4) is 0 Å². The summed E-state index contributed by atoms with van der Waals surface area (Å²) in [5, 5.41) is 0. The van der Waals surface area contributed by atoms with Gasteiger partial charge in [0.05, 0.1) is 0 Å². The Bertz CT molecular complexity index is 576. The van der Waals surface area contributed by atoms with Gasteiger partial charge >= 0.3 is 0 Å². The molecule has 0 N–H and O–H groups in total. The van der Waals surface area contributed by atoms with E-state index in [-0.39, 0.29) is 5.54 Å². The van der Waals surface area contributed by atoms with Crippen molar-refractivity contribution >= 4 is 0 Å². The van der Waals surface area contributed by atoms with E-state index in [2.05, 4.69) is 80.2 Å². The molecule has 2 fully saturated rings. The minimum atomic E-state index is 0.247. The van der Waals surface area contributed by atoms with Crippen LogP contribution in [0.15, 0.2) is 11.6 Å². The molecule has 1 heteroatoms. The summed E-state index contributed by atoms with van der Waals surface area (Å²) in [6.45, 7) is 24.8. The second-order valence-corrected chi connectivity index (χ2v) is 13.2. The van der Waals surface area contributed by atoms with Crippen molar-refractivity contribution in [2.75, 3.05) is 0 Å². The summed E-state index contributed by atoms with van der Waals surface area (Å²) < 4.78 is 0. The molecule has 3 rings (SSSR count). The summed E-state index contributed by atoms with van der Waals surface area (Å²) in [6.07, 6.45) is 10.9.